The van der Waals surface area contributed by atoms with Crippen molar-refractivity contribution in [3.05, 3.63) is 59.7 Å². The molecule has 1 aliphatic rings. The molecule has 0 radical (unpaired) electrons. The summed E-state index contributed by atoms with van der Waals surface area (Å²) in [6.07, 6.45) is 0.776. The lowest BCUT2D eigenvalue weighted by Gasteiger charge is -2.28. The van der Waals surface area contributed by atoms with Gasteiger partial charge in [-0.1, -0.05) is 24.3 Å². The lowest BCUT2D eigenvalue weighted by molar-refractivity contribution is -0.143. The van der Waals surface area contributed by atoms with Crippen molar-refractivity contribution in [3.63, 3.8) is 0 Å². The molecule has 2 aromatic rings. The first kappa shape index (κ1) is 15.1. The molecule has 0 fully saturated rings. The van der Waals surface area contributed by atoms with Gasteiger partial charge in [-0.2, -0.15) is 0 Å². The predicted molar refractivity (Wildman–Crippen MR) is 87.2 cm³/mol. The first-order valence-corrected chi connectivity index (χ1v) is 7.48. The largest absolute Gasteiger partial charge is 0.497 e. The van der Waals surface area contributed by atoms with Gasteiger partial charge < -0.3 is 15.0 Å². The number of carbonyl (C=O) groups excluding carboxylic acids is 2. The van der Waals surface area contributed by atoms with Crippen molar-refractivity contribution < 1.29 is 14.3 Å². The molecule has 0 aliphatic carbocycles. The summed E-state index contributed by atoms with van der Waals surface area (Å²) in [4.78, 5) is 26.1. The van der Waals surface area contributed by atoms with Gasteiger partial charge in [-0.25, -0.2) is 0 Å². The third kappa shape index (κ3) is 3.34. The molecule has 2 aromatic carbocycles. The van der Waals surface area contributed by atoms with Crippen molar-refractivity contribution in [2.24, 2.45) is 0 Å². The summed E-state index contributed by atoms with van der Waals surface area (Å²) in [7, 11) is 1.57. The first-order chi connectivity index (χ1) is 11.2. The molecule has 0 saturated carbocycles. The Morgan fingerprint density at radius 1 is 1.04 bits per heavy atom. The smallest absolute Gasteiger partial charge is 0.313 e. The highest BCUT2D eigenvalue weighted by Gasteiger charge is 2.25. The van der Waals surface area contributed by atoms with Crippen LogP contribution >= 0.6 is 0 Å². The fraction of sp³-hybridized carbons (Fsp3) is 0.222. The third-order valence-electron chi connectivity index (χ3n) is 3.96. The topological polar surface area (TPSA) is 58.6 Å². The van der Waals surface area contributed by atoms with Crippen LogP contribution in [0.15, 0.2) is 48.5 Å². The van der Waals surface area contributed by atoms with E-state index < -0.39 is 11.8 Å². The Balaban J connectivity index is 1.65. The number of hydrogen-bond acceptors (Lipinski definition) is 3. The predicted octanol–water partition coefficient (Wildman–Crippen LogP) is 2.22. The Bertz CT molecular complexity index is 725. The van der Waals surface area contributed by atoms with E-state index in [1.54, 1.807) is 36.3 Å². The summed E-state index contributed by atoms with van der Waals surface area (Å²) in [5, 5.41) is 2.63. The van der Waals surface area contributed by atoms with E-state index in [9.17, 15) is 9.59 Å². The highest BCUT2D eigenvalue weighted by molar-refractivity contribution is 6.39. The van der Waals surface area contributed by atoms with Crippen LogP contribution in [0.3, 0.4) is 0 Å². The van der Waals surface area contributed by atoms with Gasteiger partial charge in [0.05, 0.1) is 7.11 Å². The van der Waals surface area contributed by atoms with Crippen LogP contribution in [0, 0.1) is 0 Å². The van der Waals surface area contributed by atoms with Crippen LogP contribution in [-0.2, 0) is 22.6 Å². The van der Waals surface area contributed by atoms with Gasteiger partial charge >= 0.3 is 11.8 Å². The van der Waals surface area contributed by atoms with Gasteiger partial charge in [-0.05, 0) is 41.8 Å². The van der Waals surface area contributed by atoms with Crippen LogP contribution in [0.25, 0.3) is 0 Å². The van der Waals surface area contributed by atoms with E-state index in [1.165, 1.54) is 5.56 Å². The molecule has 1 aliphatic heterocycles. The third-order valence-corrected chi connectivity index (χ3v) is 3.96. The zero-order valence-corrected chi connectivity index (χ0v) is 12.9. The summed E-state index contributed by atoms with van der Waals surface area (Å²) in [6.45, 7) is 1.04. The molecule has 5 nitrogen and oxygen atoms in total. The SMILES string of the molecule is COc1ccc(NC(=O)C(=O)N2CCc3ccccc3C2)cc1. The molecule has 2 amide bonds. The summed E-state index contributed by atoms with van der Waals surface area (Å²) in [5.74, 6) is -0.424. The zero-order chi connectivity index (χ0) is 16.2. The van der Waals surface area contributed by atoms with Crippen molar-refractivity contribution in [3.8, 4) is 5.75 Å². The van der Waals surface area contributed by atoms with Gasteiger partial charge in [-0.3, -0.25) is 9.59 Å². The van der Waals surface area contributed by atoms with E-state index in [0.29, 0.717) is 24.5 Å². The normalized spacial score (nSPS) is 13.2. The van der Waals surface area contributed by atoms with Crippen molar-refractivity contribution in [1.29, 1.82) is 0 Å². The number of fused-ring (bicyclic) bond motifs is 1. The van der Waals surface area contributed by atoms with E-state index in [2.05, 4.69) is 11.4 Å². The number of ether oxygens (including phenoxy) is 1. The zero-order valence-electron chi connectivity index (χ0n) is 12.9. The number of nitrogens with one attached hydrogen (secondary N) is 1. The minimum atomic E-state index is -0.616. The van der Waals surface area contributed by atoms with E-state index in [4.69, 9.17) is 4.74 Å². The molecule has 118 valence electrons. The number of rotatable bonds is 2. The van der Waals surface area contributed by atoms with Gasteiger partial charge in [0.15, 0.2) is 0 Å². The fourth-order valence-corrected chi connectivity index (χ4v) is 2.67. The minimum Gasteiger partial charge on any atom is -0.497 e. The maximum absolute atomic E-state index is 12.3. The minimum absolute atomic E-state index is 0.477. The Kier molecular flexibility index (Phi) is 4.28. The van der Waals surface area contributed by atoms with Crippen molar-refractivity contribution in [2.45, 2.75) is 13.0 Å². The Morgan fingerprint density at radius 2 is 1.74 bits per heavy atom. The number of hydrogen-bond donors (Lipinski definition) is 1. The summed E-state index contributed by atoms with van der Waals surface area (Å²) in [6, 6.07) is 14.9. The van der Waals surface area contributed by atoms with Gasteiger partial charge in [0.2, 0.25) is 0 Å². The van der Waals surface area contributed by atoms with Crippen molar-refractivity contribution in [1.82, 2.24) is 4.90 Å². The molecule has 0 bridgehead atoms. The van der Waals surface area contributed by atoms with E-state index >= 15 is 0 Å². The molecule has 0 aromatic heterocycles. The molecule has 5 heteroatoms. The molecular weight excluding hydrogens is 292 g/mol. The fourth-order valence-electron chi connectivity index (χ4n) is 2.67. The highest BCUT2D eigenvalue weighted by atomic mass is 16.5. The lowest BCUT2D eigenvalue weighted by Crippen LogP contribution is -2.42. The Labute approximate surface area is 134 Å². The molecule has 1 heterocycles. The first-order valence-electron chi connectivity index (χ1n) is 7.48. The van der Waals surface area contributed by atoms with Gasteiger partial charge in [-0.15, -0.1) is 0 Å². The summed E-state index contributed by atoms with van der Waals surface area (Å²) < 4.78 is 5.06. The molecule has 0 saturated heterocycles. The number of carbonyl (C=O) groups is 2. The van der Waals surface area contributed by atoms with E-state index in [0.717, 1.165) is 12.0 Å². The summed E-state index contributed by atoms with van der Waals surface area (Å²) in [5.41, 5.74) is 2.91. The molecule has 23 heavy (non-hydrogen) atoms. The molecule has 3 rings (SSSR count). The van der Waals surface area contributed by atoms with Crippen LogP contribution in [0.4, 0.5) is 5.69 Å². The second-order valence-electron chi connectivity index (χ2n) is 5.43. The second-order valence-corrected chi connectivity index (χ2v) is 5.43. The highest BCUT2D eigenvalue weighted by Crippen LogP contribution is 2.19. The van der Waals surface area contributed by atoms with Crippen LogP contribution in [0.1, 0.15) is 11.1 Å². The van der Waals surface area contributed by atoms with Crippen LogP contribution in [0.2, 0.25) is 0 Å². The lowest BCUT2D eigenvalue weighted by atomic mass is 10.00. The molecule has 0 unspecified atom stereocenters. The standard InChI is InChI=1S/C18H18N2O3/c1-23-16-8-6-15(7-9-16)19-17(21)18(22)20-11-10-13-4-2-3-5-14(13)12-20/h2-9H,10-12H2,1H3,(H,19,21). The van der Waals surface area contributed by atoms with Crippen LogP contribution in [0.5, 0.6) is 5.75 Å². The average molecular weight is 310 g/mol. The Hall–Kier alpha value is -2.82. The molecule has 1 N–H and O–H groups in total. The number of amides is 2. The van der Waals surface area contributed by atoms with E-state index in [1.807, 2.05) is 18.2 Å². The van der Waals surface area contributed by atoms with Crippen molar-refractivity contribution in [2.75, 3.05) is 19.0 Å². The summed E-state index contributed by atoms with van der Waals surface area (Å²) >= 11 is 0. The monoisotopic (exact) mass is 310 g/mol. The molecule has 0 atom stereocenters. The van der Waals surface area contributed by atoms with Gasteiger partial charge in [0.1, 0.15) is 5.75 Å². The maximum atomic E-state index is 12.3. The van der Waals surface area contributed by atoms with Gasteiger partial charge in [0.25, 0.3) is 0 Å². The second kappa shape index (κ2) is 6.52. The maximum Gasteiger partial charge on any atom is 0.313 e. The quantitative estimate of drug-likeness (QED) is 0.865. The van der Waals surface area contributed by atoms with E-state index in [-0.39, 0.29) is 0 Å². The van der Waals surface area contributed by atoms with Crippen LogP contribution < -0.4 is 10.1 Å². The molecule has 0 spiro atoms. The number of benzene rings is 2. The number of nitrogens with zero attached hydrogens (tertiary/aromatic N) is 1. The number of methoxy groups -OCH3 is 1. The Morgan fingerprint density at radius 3 is 2.43 bits per heavy atom. The van der Waals surface area contributed by atoms with Crippen LogP contribution in [-0.4, -0.2) is 30.4 Å². The number of anilines is 1. The average Bonchev–Trinajstić information content (AvgIpc) is 2.61. The van der Waals surface area contributed by atoms with Crippen molar-refractivity contribution >= 4 is 17.5 Å². The molecular formula is C18H18N2O3. The van der Waals surface area contributed by atoms with Gasteiger partial charge in [0, 0.05) is 18.8 Å².